The van der Waals surface area contributed by atoms with Crippen LogP contribution >= 0.6 is 0 Å². The number of carboxylic acids is 1. The fourth-order valence-corrected chi connectivity index (χ4v) is 2.08. The van der Waals surface area contributed by atoms with Crippen molar-refractivity contribution in [1.82, 2.24) is 5.32 Å². The molecule has 1 aliphatic heterocycles. The molecule has 1 unspecified atom stereocenters. The summed E-state index contributed by atoms with van der Waals surface area (Å²) in [5.41, 5.74) is 0.882. The first-order chi connectivity index (χ1) is 7.18. The van der Waals surface area contributed by atoms with E-state index in [1.807, 2.05) is 6.07 Å². The van der Waals surface area contributed by atoms with Crippen LogP contribution in [0, 0.1) is 0 Å². The number of nitrogens with one attached hydrogen (secondary N) is 1. The van der Waals surface area contributed by atoms with E-state index in [-0.39, 0.29) is 11.7 Å². The van der Waals surface area contributed by atoms with E-state index in [0.29, 0.717) is 6.54 Å². The van der Waals surface area contributed by atoms with Crippen molar-refractivity contribution >= 4 is 5.97 Å². The molecule has 1 aromatic carbocycles. The van der Waals surface area contributed by atoms with E-state index in [1.54, 1.807) is 18.2 Å². The molecule has 0 aliphatic carbocycles. The van der Waals surface area contributed by atoms with Gasteiger partial charge in [-0.15, -0.1) is 0 Å². The third-order valence-corrected chi connectivity index (χ3v) is 2.79. The molecule has 1 heterocycles. The number of hydrogen-bond donors (Lipinski definition) is 3. The van der Waals surface area contributed by atoms with E-state index >= 15 is 0 Å². The molecule has 4 nitrogen and oxygen atoms in total. The molecule has 0 radical (unpaired) electrons. The van der Waals surface area contributed by atoms with Crippen molar-refractivity contribution in [3.05, 3.63) is 29.8 Å². The second-order valence-electron chi connectivity index (χ2n) is 3.76. The lowest BCUT2D eigenvalue weighted by Crippen LogP contribution is -2.34. The van der Waals surface area contributed by atoms with Crippen LogP contribution in [0.2, 0.25) is 0 Å². The highest BCUT2D eigenvalue weighted by atomic mass is 16.4. The molecule has 3 N–H and O–H groups in total. The third-order valence-electron chi connectivity index (χ3n) is 2.79. The summed E-state index contributed by atoms with van der Waals surface area (Å²) in [6.45, 7) is 0.706. The fraction of sp³-hybridized carbons (Fsp3) is 0.364. The van der Waals surface area contributed by atoms with Gasteiger partial charge in [0.15, 0.2) is 0 Å². The monoisotopic (exact) mass is 207 g/mol. The molecule has 1 aliphatic rings. The van der Waals surface area contributed by atoms with E-state index in [2.05, 4.69) is 5.32 Å². The van der Waals surface area contributed by atoms with Crippen molar-refractivity contribution in [1.29, 1.82) is 0 Å². The second kappa shape index (κ2) is 3.90. The molecule has 4 heteroatoms. The van der Waals surface area contributed by atoms with Crippen molar-refractivity contribution in [2.24, 2.45) is 0 Å². The molecule has 2 rings (SSSR count). The van der Waals surface area contributed by atoms with Crippen LogP contribution in [0.4, 0.5) is 0 Å². The largest absolute Gasteiger partial charge is 0.508 e. The Labute approximate surface area is 87.6 Å². The number of phenols is 1. The molecule has 0 bridgehead atoms. The lowest BCUT2D eigenvalue weighted by Gasteiger charge is -2.15. The van der Waals surface area contributed by atoms with Gasteiger partial charge in [0, 0.05) is 5.92 Å². The number of rotatable bonds is 2. The summed E-state index contributed by atoms with van der Waals surface area (Å²) in [4.78, 5) is 10.9. The third kappa shape index (κ3) is 1.94. The van der Waals surface area contributed by atoms with Crippen LogP contribution in [0.1, 0.15) is 17.9 Å². The predicted octanol–water partition coefficient (Wildman–Crippen LogP) is 0.922. The van der Waals surface area contributed by atoms with Gasteiger partial charge in [0.25, 0.3) is 0 Å². The first kappa shape index (κ1) is 9.98. The first-order valence-corrected chi connectivity index (χ1v) is 4.93. The lowest BCUT2D eigenvalue weighted by molar-refractivity contribution is -0.139. The van der Waals surface area contributed by atoms with Gasteiger partial charge in [-0.1, -0.05) is 12.1 Å². The van der Waals surface area contributed by atoms with E-state index in [9.17, 15) is 9.90 Å². The summed E-state index contributed by atoms with van der Waals surface area (Å²) in [6, 6.07) is 6.27. The number of aromatic hydroxyl groups is 1. The van der Waals surface area contributed by atoms with Crippen molar-refractivity contribution < 1.29 is 15.0 Å². The fourth-order valence-electron chi connectivity index (χ4n) is 2.08. The molecule has 0 aromatic heterocycles. The van der Waals surface area contributed by atoms with Crippen LogP contribution in [-0.4, -0.2) is 28.8 Å². The van der Waals surface area contributed by atoms with Crippen molar-refractivity contribution in [2.75, 3.05) is 6.54 Å². The van der Waals surface area contributed by atoms with Crippen LogP contribution in [-0.2, 0) is 4.79 Å². The second-order valence-corrected chi connectivity index (χ2v) is 3.76. The van der Waals surface area contributed by atoms with Crippen LogP contribution < -0.4 is 5.32 Å². The van der Waals surface area contributed by atoms with Gasteiger partial charge in [-0.05, 0) is 30.7 Å². The Balaban J connectivity index is 2.26. The summed E-state index contributed by atoms with van der Waals surface area (Å²) in [5.74, 6) is -0.695. The van der Waals surface area contributed by atoms with Gasteiger partial charge in [0.1, 0.15) is 11.8 Å². The normalized spacial score (nSPS) is 25.3. The zero-order valence-corrected chi connectivity index (χ0v) is 8.18. The van der Waals surface area contributed by atoms with Gasteiger partial charge in [0.05, 0.1) is 0 Å². The van der Waals surface area contributed by atoms with Crippen molar-refractivity contribution in [2.45, 2.75) is 18.4 Å². The number of phenolic OH excluding ortho intramolecular Hbond substituents is 1. The molecule has 1 fully saturated rings. The Morgan fingerprint density at radius 1 is 1.47 bits per heavy atom. The topological polar surface area (TPSA) is 69.6 Å². The molecule has 0 spiro atoms. The SMILES string of the molecule is O=C(O)[C@H]1NCCC1c1cccc(O)c1. The summed E-state index contributed by atoms with van der Waals surface area (Å²) in [5, 5.41) is 21.3. The molecule has 80 valence electrons. The van der Waals surface area contributed by atoms with Crippen LogP contribution in [0.3, 0.4) is 0 Å². The Morgan fingerprint density at radius 2 is 2.27 bits per heavy atom. The quantitative estimate of drug-likeness (QED) is 0.674. The van der Waals surface area contributed by atoms with Gasteiger partial charge in [-0.25, -0.2) is 0 Å². The number of hydrogen-bond acceptors (Lipinski definition) is 3. The maximum Gasteiger partial charge on any atom is 0.321 e. The van der Waals surface area contributed by atoms with Crippen LogP contribution in [0.15, 0.2) is 24.3 Å². The highest BCUT2D eigenvalue weighted by Crippen LogP contribution is 2.29. The summed E-state index contributed by atoms with van der Waals surface area (Å²) < 4.78 is 0. The maximum absolute atomic E-state index is 10.9. The van der Waals surface area contributed by atoms with Crippen molar-refractivity contribution in [3.63, 3.8) is 0 Å². The van der Waals surface area contributed by atoms with E-state index in [4.69, 9.17) is 5.11 Å². The molecule has 2 atom stereocenters. The maximum atomic E-state index is 10.9. The average molecular weight is 207 g/mol. The van der Waals surface area contributed by atoms with Gasteiger partial charge in [-0.2, -0.15) is 0 Å². The van der Waals surface area contributed by atoms with E-state index < -0.39 is 12.0 Å². The van der Waals surface area contributed by atoms with Gasteiger partial charge < -0.3 is 15.5 Å². The van der Waals surface area contributed by atoms with Gasteiger partial charge in [0.2, 0.25) is 0 Å². The summed E-state index contributed by atoms with van der Waals surface area (Å²) in [6.07, 6.45) is 0.792. The Hall–Kier alpha value is -1.55. The highest BCUT2D eigenvalue weighted by Gasteiger charge is 2.33. The molecular formula is C11H13NO3. The van der Waals surface area contributed by atoms with E-state index in [1.165, 1.54) is 0 Å². The number of carbonyl (C=O) groups is 1. The molecular weight excluding hydrogens is 194 g/mol. The number of carboxylic acid groups (broad SMARTS) is 1. The predicted molar refractivity (Wildman–Crippen MR) is 54.9 cm³/mol. The summed E-state index contributed by atoms with van der Waals surface area (Å²) in [7, 11) is 0. The average Bonchev–Trinajstić information content (AvgIpc) is 2.65. The van der Waals surface area contributed by atoms with Crippen molar-refractivity contribution in [3.8, 4) is 5.75 Å². The highest BCUT2D eigenvalue weighted by molar-refractivity contribution is 5.75. The Morgan fingerprint density at radius 3 is 2.93 bits per heavy atom. The zero-order chi connectivity index (χ0) is 10.8. The minimum atomic E-state index is -0.833. The standard InChI is InChI=1S/C11H13NO3/c13-8-3-1-2-7(6-8)9-4-5-12-10(9)11(14)15/h1-3,6,9-10,12-13H,4-5H2,(H,14,15)/t9?,10-/m0/s1. The Bertz CT molecular complexity index is 378. The zero-order valence-electron chi connectivity index (χ0n) is 8.18. The molecule has 15 heavy (non-hydrogen) atoms. The minimum absolute atomic E-state index is 0.0467. The first-order valence-electron chi connectivity index (χ1n) is 4.93. The van der Waals surface area contributed by atoms with Gasteiger partial charge >= 0.3 is 5.97 Å². The molecule has 1 saturated heterocycles. The Kier molecular flexibility index (Phi) is 2.60. The lowest BCUT2D eigenvalue weighted by atomic mass is 9.92. The molecule has 0 saturated carbocycles. The smallest absolute Gasteiger partial charge is 0.321 e. The van der Waals surface area contributed by atoms with Crippen LogP contribution in [0.25, 0.3) is 0 Å². The number of benzene rings is 1. The van der Waals surface area contributed by atoms with Crippen LogP contribution in [0.5, 0.6) is 5.75 Å². The minimum Gasteiger partial charge on any atom is -0.508 e. The van der Waals surface area contributed by atoms with Gasteiger partial charge in [-0.3, -0.25) is 4.79 Å². The summed E-state index contributed by atoms with van der Waals surface area (Å²) >= 11 is 0. The van der Waals surface area contributed by atoms with E-state index in [0.717, 1.165) is 12.0 Å². The molecule has 0 amide bonds. The number of aliphatic carboxylic acids is 1. The molecule has 1 aromatic rings.